The molecular formula is C19H17ClN2O3. The maximum atomic E-state index is 13.0. The van der Waals surface area contributed by atoms with E-state index < -0.39 is 5.97 Å². The molecule has 0 fully saturated rings. The molecule has 0 saturated carbocycles. The lowest BCUT2D eigenvalue weighted by molar-refractivity contribution is -0.139. The second-order valence-corrected chi connectivity index (χ2v) is 6.36. The first-order valence-corrected chi connectivity index (χ1v) is 8.13. The predicted octanol–water partition coefficient (Wildman–Crippen LogP) is 3.78. The van der Waals surface area contributed by atoms with E-state index in [2.05, 4.69) is 9.97 Å². The molecule has 6 heteroatoms. The number of ketones is 1. The van der Waals surface area contributed by atoms with E-state index in [0.717, 1.165) is 16.6 Å². The highest BCUT2D eigenvalue weighted by molar-refractivity contribution is 6.31. The zero-order chi connectivity index (χ0) is 18.1. The average molecular weight is 357 g/mol. The number of methoxy groups -OCH3 is 1. The van der Waals surface area contributed by atoms with E-state index >= 15 is 0 Å². The first-order chi connectivity index (χ1) is 11.9. The number of benzene rings is 1. The number of hydrogen-bond donors (Lipinski definition) is 1. The molecule has 0 atom stereocenters. The van der Waals surface area contributed by atoms with Gasteiger partial charge >= 0.3 is 5.97 Å². The Balaban J connectivity index is 2.17. The number of aromatic amines is 1. The second kappa shape index (κ2) is 6.69. The first-order valence-electron chi connectivity index (χ1n) is 7.76. The van der Waals surface area contributed by atoms with Gasteiger partial charge in [0.1, 0.15) is 5.69 Å². The molecule has 1 N–H and O–H groups in total. The Morgan fingerprint density at radius 1 is 1.20 bits per heavy atom. The molecule has 0 bridgehead atoms. The second-order valence-electron chi connectivity index (χ2n) is 5.92. The fraction of sp³-hybridized carbons (Fsp3) is 0.211. The van der Waals surface area contributed by atoms with Gasteiger partial charge < -0.3 is 9.72 Å². The van der Waals surface area contributed by atoms with Crippen LogP contribution in [-0.2, 0) is 16.0 Å². The summed E-state index contributed by atoms with van der Waals surface area (Å²) in [6.45, 7) is 3.75. The number of rotatable bonds is 4. The number of nitrogens with zero attached hydrogens (tertiary/aromatic N) is 1. The minimum absolute atomic E-state index is 0.00992. The Kier molecular flexibility index (Phi) is 4.59. The molecule has 0 unspecified atom stereocenters. The van der Waals surface area contributed by atoms with Gasteiger partial charge in [-0.3, -0.25) is 9.59 Å². The number of aryl methyl sites for hydroxylation is 2. The van der Waals surface area contributed by atoms with Gasteiger partial charge in [-0.05, 0) is 43.7 Å². The number of aromatic nitrogens is 2. The Labute approximate surface area is 150 Å². The summed E-state index contributed by atoms with van der Waals surface area (Å²) in [7, 11) is 1.32. The third-order valence-corrected chi connectivity index (χ3v) is 4.21. The fourth-order valence-electron chi connectivity index (χ4n) is 2.91. The predicted molar refractivity (Wildman–Crippen MR) is 96.2 cm³/mol. The summed E-state index contributed by atoms with van der Waals surface area (Å²) in [6, 6.07) is 8.87. The molecule has 2 aromatic heterocycles. The summed E-state index contributed by atoms with van der Waals surface area (Å²) in [6.07, 6.45) is -0.00992. The third kappa shape index (κ3) is 3.42. The van der Waals surface area contributed by atoms with Crippen LogP contribution in [0.1, 0.15) is 33.0 Å². The molecule has 0 amide bonds. The molecule has 3 aromatic rings. The van der Waals surface area contributed by atoms with E-state index in [1.54, 1.807) is 24.3 Å². The van der Waals surface area contributed by atoms with Crippen LogP contribution >= 0.6 is 11.6 Å². The topological polar surface area (TPSA) is 72.1 Å². The Morgan fingerprint density at radius 3 is 2.64 bits per heavy atom. The van der Waals surface area contributed by atoms with Crippen molar-refractivity contribution in [1.82, 2.24) is 9.97 Å². The number of carbonyl (C=O) groups is 2. The number of hydrogen-bond acceptors (Lipinski definition) is 4. The summed E-state index contributed by atoms with van der Waals surface area (Å²) >= 11 is 6.04. The first kappa shape index (κ1) is 17.2. The monoisotopic (exact) mass is 356 g/mol. The van der Waals surface area contributed by atoms with Crippen LogP contribution in [0.15, 0.2) is 30.3 Å². The van der Waals surface area contributed by atoms with Gasteiger partial charge in [0.15, 0.2) is 0 Å². The molecular weight excluding hydrogens is 340 g/mol. The largest absolute Gasteiger partial charge is 0.469 e. The van der Waals surface area contributed by atoms with Gasteiger partial charge in [-0.2, -0.15) is 0 Å². The van der Waals surface area contributed by atoms with Crippen LogP contribution in [0.5, 0.6) is 0 Å². The van der Waals surface area contributed by atoms with Gasteiger partial charge in [0, 0.05) is 27.2 Å². The zero-order valence-electron chi connectivity index (χ0n) is 14.1. The Morgan fingerprint density at radius 2 is 1.96 bits per heavy atom. The van der Waals surface area contributed by atoms with Crippen LogP contribution in [0.2, 0.25) is 5.02 Å². The standard InChI is InChI=1S/C19H17ClN2O3/c1-10-6-11(2)21-16(7-10)19(24)18-14(9-17(23)25-3)13-5-4-12(20)8-15(13)22-18/h4-8,22H,9H2,1-3H3. The Hall–Kier alpha value is -2.66. The third-order valence-electron chi connectivity index (χ3n) is 3.97. The van der Waals surface area contributed by atoms with Crippen LogP contribution in [-0.4, -0.2) is 28.8 Å². The maximum absolute atomic E-state index is 13.0. The van der Waals surface area contributed by atoms with E-state index in [9.17, 15) is 9.59 Å². The van der Waals surface area contributed by atoms with Gasteiger partial charge in [0.05, 0.1) is 19.2 Å². The van der Waals surface area contributed by atoms with Crippen LogP contribution in [0.4, 0.5) is 0 Å². The van der Waals surface area contributed by atoms with Crippen molar-refractivity contribution in [2.75, 3.05) is 7.11 Å². The molecule has 0 aliphatic rings. The normalized spacial score (nSPS) is 10.9. The number of ether oxygens (including phenoxy) is 1. The lowest BCUT2D eigenvalue weighted by Crippen LogP contribution is -2.12. The highest BCUT2D eigenvalue weighted by atomic mass is 35.5. The van der Waals surface area contributed by atoms with Crippen LogP contribution < -0.4 is 0 Å². The molecule has 0 aliphatic carbocycles. The smallest absolute Gasteiger partial charge is 0.310 e. The number of esters is 1. The molecule has 0 spiro atoms. The van der Waals surface area contributed by atoms with E-state index in [0.29, 0.717) is 27.5 Å². The highest BCUT2D eigenvalue weighted by Crippen LogP contribution is 2.27. The van der Waals surface area contributed by atoms with Gasteiger partial charge in [-0.15, -0.1) is 0 Å². The van der Waals surface area contributed by atoms with Gasteiger partial charge in [0.25, 0.3) is 0 Å². The quantitative estimate of drug-likeness (QED) is 0.570. The van der Waals surface area contributed by atoms with Crippen molar-refractivity contribution in [3.05, 3.63) is 63.6 Å². The van der Waals surface area contributed by atoms with Crippen LogP contribution in [0.25, 0.3) is 10.9 Å². The number of nitrogens with one attached hydrogen (secondary N) is 1. The maximum Gasteiger partial charge on any atom is 0.310 e. The molecule has 2 heterocycles. The minimum Gasteiger partial charge on any atom is -0.469 e. The van der Waals surface area contributed by atoms with Gasteiger partial charge in [-0.25, -0.2) is 4.98 Å². The van der Waals surface area contributed by atoms with Crippen LogP contribution in [0, 0.1) is 13.8 Å². The van der Waals surface area contributed by atoms with Crippen molar-refractivity contribution in [1.29, 1.82) is 0 Å². The van der Waals surface area contributed by atoms with Crippen molar-refractivity contribution < 1.29 is 14.3 Å². The van der Waals surface area contributed by atoms with Gasteiger partial charge in [0.2, 0.25) is 5.78 Å². The SMILES string of the molecule is COC(=O)Cc1c(C(=O)c2cc(C)cc(C)n2)[nH]c2cc(Cl)ccc12. The number of H-pyrrole nitrogens is 1. The summed E-state index contributed by atoms with van der Waals surface area (Å²) in [5, 5.41) is 1.31. The van der Waals surface area contributed by atoms with Crippen LogP contribution in [0.3, 0.4) is 0 Å². The van der Waals surface area contributed by atoms with Crippen molar-refractivity contribution in [3.8, 4) is 0 Å². The zero-order valence-corrected chi connectivity index (χ0v) is 14.9. The van der Waals surface area contributed by atoms with E-state index in [1.807, 2.05) is 19.9 Å². The molecule has 5 nitrogen and oxygen atoms in total. The van der Waals surface area contributed by atoms with E-state index in [1.165, 1.54) is 7.11 Å². The molecule has 128 valence electrons. The number of fused-ring (bicyclic) bond motifs is 1. The number of carbonyl (C=O) groups excluding carboxylic acids is 2. The Bertz CT molecular complexity index is 971. The average Bonchev–Trinajstić information content (AvgIpc) is 2.90. The molecule has 0 radical (unpaired) electrons. The van der Waals surface area contributed by atoms with Crippen molar-refractivity contribution in [2.24, 2.45) is 0 Å². The van der Waals surface area contributed by atoms with E-state index in [-0.39, 0.29) is 12.2 Å². The lowest BCUT2D eigenvalue weighted by atomic mass is 10.0. The van der Waals surface area contributed by atoms with Crippen molar-refractivity contribution in [2.45, 2.75) is 20.3 Å². The molecule has 0 aliphatic heterocycles. The van der Waals surface area contributed by atoms with Crippen molar-refractivity contribution in [3.63, 3.8) is 0 Å². The highest BCUT2D eigenvalue weighted by Gasteiger charge is 2.22. The van der Waals surface area contributed by atoms with E-state index in [4.69, 9.17) is 16.3 Å². The lowest BCUT2D eigenvalue weighted by Gasteiger charge is -2.05. The summed E-state index contributed by atoms with van der Waals surface area (Å²) < 4.78 is 4.77. The number of halogens is 1. The number of pyridine rings is 1. The molecule has 3 rings (SSSR count). The fourth-order valence-corrected chi connectivity index (χ4v) is 3.08. The van der Waals surface area contributed by atoms with Gasteiger partial charge in [-0.1, -0.05) is 17.7 Å². The molecule has 0 saturated heterocycles. The molecule has 25 heavy (non-hydrogen) atoms. The summed E-state index contributed by atoms with van der Waals surface area (Å²) in [5.41, 5.74) is 3.66. The summed E-state index contributed by atoms with van der Waals surface area (Å²) in [5.74, 6) is -0.684. The molecule has 1 aromatic carbocycles. The minimum atomic E-state index is -0.418. The van der Waals surface area contributed by atoms with Crippen molar-refractivity contribution >= 4 is 34.3 Å². The summed E-state index contributed by atoms with van der Waals surface area (Å²) in [4.78, 5) is 32.3.